The first-order chi connectivity index (χ1) is 16.0. The van der Waals surface area contributed by atoms with E-state index >= 15 is 0 Å². The molecule has 2 atom stereocenters. The third-order valence-electron chi connectivity index (χ3n) is 5.16. The van der Waals surface area contributed by atoms with Gasteiger partial charge in [-0.25, -0.2) is 9.37 Å². The number of aliphatic hydroxyl groups is 2. The van der Waals surface area contributed by atoms with Crippen molar-refractivity contribution in [2.24, 2.45) is 0 Å². The van der Waals surface area contributed by atoms with E-state index in [4.69, 9.17) is 0 Å². The highest BCUT2D eigenvalue weighted by Crippen LogP contribution is 2.20. The molecule has 0 saturated heterocycles. The summed E-state index contributed by atoms with van der Waals surface area (Å²) in [7, 11) is 0. The van der Waals surface area contributed by atoms with Crippen LogP contribution in [0, 0.1) is 5.82 Å². The van der Waals surface area contributed by atoms with Crippen LogP contribution in [0.15, 0.2) is 79.1 Å². The van der Waals surface area contributed by atoms with Gasteiger partial charge in [0, 0.05) is 11.8 Å². The molecule has 4 rings (SSSR count). The normalized spacial score (nSPS) is 12.8. The molecular weight excluding hydrogens is 427 g/mol. The molecule has 4 N–H and O–H groups in total. The fraction of sp³-hybridized carbons (Fsp3) is 0.125. The predicted octanol–water partition coefficient (Wildman–Crippen LogP) is 2.55. The first-order valence-corrected chi connectivity index (χ1v) is 10.2. The van der Waals surface area contributed by atoms with Crippen LogP contribution < -0.4 is 10.6 Å². The summed E-state index contributed by atoms with van der Waals surface area (Å²) in [6, 6.07) is 16.3. The van der Waals surface area contributed by atoms with Crippen LogP contribution in [0.5, 0.6) is 0 Å². The molecule has 33 heavy (non-hydrogen) atoms. The Balaban J connectivity index is 1.51. The Morgan fingerprint density at radius 3 is 2.55 bits per heavy atom. The number of nitrogens with zero attached hydrogens (tertiary/aromatic N) is 2. The number of anilines is 1. The van der Waals surface area contributed by atoms with E-state index in [-0.39, 0.29) is 16.9 Å². The number of hydrogen-bond acceptors (Lipinski definition) is 5. The minimum absolute atomic E-state index is 0.0450. The fourth-order valence-electron chi connectivity index (χ4n) is 3.41. The lowest BCUT2D eigenvalue weighted by atomic mass is 10.0. The van der Waals surface area contributed by atoms with E-state index in [1.807, 2.05) is 0 Å². The number of nitrogens with one attached hydrogen (secondary N) is 2. The second-order valence-electron chi connectivity index (χ2n) is 7.34. The van der Waals surface area contributed by atoms with Crippen molar-refractivity contribution in [3.8, 4) is 0 Å². The van der Waals surface area contributed by atoms with Crippen molar-refractivity contribution in [3.63, 3.8) is 0 Å². The molecule has 0 aliphatic carbocycles. The van der Waals surface area contributed by atoms with Gasteiger partial charge in [-0.3, -0.25) is 14.0 Å². The lowest BCUT2D eigenvalue weighted by molar-refractivity contribution is 0.0703. The number of imidazole rings is 1. The number of halogens is 1. The molecule has 4 aromatic rings. The van der Waals surface area contributed by atoms with Gasteiger partial charge >= 0.3 is 0 Å². The molecule has 0 spiro atoms. The first kappa shape index (κ1) is 22.1. The average molecular weight is 448 g/mol. The molecule has 2 amide bonds. The maximum Gasteiger partial charge on any atom is 0.274 e. The molecule has 0 unspecified atom stereocenters. The monoisotopic (exact) mass is 448 g/mol. The average Bonchev–Trinajstić information content (AvgIpc) is 3.28. The highest BCUT2D eigenvalue weighted by molar-refractivity contribution is 6.04. The summed E-state index contributed by atoms with van der Waals surface area (Å²) >= 11 is 0. The van der Waals surface area contributed by atoms with Crippen molar-refractivity contribution in [2.75, 3.05) is 11.9 Å². The molecule has 0 fully saturated rings. The summed E-state index contributed by atoms with van der Waals surface area (Å²) in [5.41, 5.74) is 1.14. The van der Waals surface area contributed by atoms with Gasteiger partial charge in [0.15, 0.2) is 0 Å². The van der Waals surface area contributed by atoms with Gasteiger partial charge in [-0.05, 0) is 35.9 Å². The number of pyridine rings is 1. The van der Waals surface area contributed by atoms with Crippen LogP contribution in [0.25, 0.3) is 5.65 Å². The maximum absolute atomic E-state index is 14.4. The molecule has 168 valence electrons. The van der Waals surface area contributed by atoms with Gasteiger partial charge in [0.05, 0.1) is 24.5 Å². The van der Waals surface area contributed by atoms with Crippen molar-refractivity contribution in [1.29, 1.82) is 0 Å². The highest BCUT2D eigenvalue weighted by Gasteiger charge is 2.23. The van der Waals surface area contributed by atoms with E-state index in [1.54, 1.807) is 59.1 Å². The minimum atomic E-state index is -1.14. The van der Waals surface area contributed by atoms with Crippen molar-refractivity contribution in [1.82, 2.24) is 14.7 Å². The molecule has 0 bridgehead atoms. The van der Waals surface area contributed by atoms with Gasteiger partial charge in [-0.2, -0.15) is 0 Å². The van der Waals surface area contributed by atoms with Gasteiger partial charge < -0.3 is 20.8 Å². The van der Waals surface area contributed by atoms with Crippen LogP contribution in [0.1, 0.15) is 32.5 Å². The van der Waals surface area contributed by atoms with Crippen molar-refractivity contribution in [2.45, 2.75) is 12.1 Å². The summed E-state index contributed by atoms with van der Waals surface area (Å²) in [5.74, 6) is -1.97. The standard InChI is InChI=1S/C24H21FN4O4/c25-17-10-9-16(23(32)28-19(14-30)22(31)15-6-2-1-3-7-15)12-18(17)27-24(33)20-13-26-21-8-4-5-11-29(20)21/h1-13,19,22,30-31H,14H2,(H,27,33)(H,28,32)/t19-,22+/m0/s1. The van der Waals surface area contributed by atoms with Gasteiger partial charge in [0.25, 0.3) is 11.8 Å². The zero-order valence-electron chi connectivity index (χ0n) is 17.4. The number of carbonyl (C=O) groups is 2. The van der Waals surface area contributed by atoms with Crippen molar-refractivity contribution >= 4 is 23.1 Å². The minimum Gasteiger partial charge on any atom is -0.394 e. The Kier molecular flexibility index (Phi) is 6.43. The Labute approximate surface area is 188 Å². The lowest BCUT2D eigenvalue weighted by Gasteiger charge is -2.22. The molecule has 0 saturated carbocycles. The molecule has 0 radical (unpaired) electrons. The number of hydrogen-bond donors (Lipinski definition) is 4. The molecule has 2 aromatic heterocycles. The van der Waals surface area contributed by atoms with Crippen LogP contribution in [0.4, 0.5) is 10.1 Å². The molecule has 2 heterocycles. The number of amides is 2. The number of fused-ring (bicyclic) bond motifs is 1. The molecular formula is C24H21FN4O4. The van der Waals surface area contributed by atoms with E-state index in [0.717, 1.165) is 6.07 Å². The second kappa shape index (κ2) is 9.60. The third kappa shape index (κ3) is 4.74. The van der Waals surface area contributed by atoms with E-state index in [1.165, 1.54) is 18.3 Å². The number of aliphatic hydroxyl groups excluding tert-OH is 2. The van der Waals surface area contributed by atoms with Gasteiger partial charge in [0.1, 0.15) is 23.3 Å². The van der Waals surface area contributed by atoms with E-state index < -0.39 is 36.4 Å². The van der Waals surface area contributed by atoms with Crippen LogP contribution >= 0.6 is 0 Å². The van der Waals surface area contributed by atoms with Crippen molar-refractivity contribution in [3.05, 3.63) is 102 Å². The molecule has 2 aromatic carbocycles. The Morgan fingerprint density at radius 1 is 1.03 bits per heavy atom. The largest absolute Gasteiger partial charge is 0.394 e. The van der Waals surface area contributed by atoms with Gasteiger partial charge in [0.2, 0.25) is 0 Å². The Morgan fingerprint density at radius 2 is 1.79 bits per heavy atom. The summed E-state index contributed by atoms with van der Waals surface area (Å²) in [6.07, 6.45) is 1.88. The summed E-state index contributed by atoms with van der Waals surface area (Å²) in [4.78, 5) is 29.5. The number of rotatable bonds is 7. The predicted molar refractivity (Wildman–Crippen MR) is 119 cm³/mol. The molecule has 0 aliphatic heterocycles. The van der Waals surface area contributed by atoms with Crippen LogP contribution in [-0.4, -0.2) is 44.1 Å². The summed E-state index contributed by atoms with van der Waals surface area (Å²) < 4.78 is 15.9. The van der Waals surface area contributed by atoms with E-state index in [2.05, 4.69) is 15.6 Å². The summed E-state index contributed by atoms with van der Waals surface area (Å²) in [5, 5.41) is 25.2. The zero-order chi connectivity index (χ0) is 23.4. The number of aromatic nitrogens is 2. The highest BCUT2D eigenvalue weighted by atomic mass is 19.1. The smallest absolute Gasteiger partial charge is 0.274 e. The Hall–Kier alpha value is -4.08. The second-order valence-corrected chi connectivity index (χ2v) is 7.34. The summed E-state index contributed by atoms with van der Waals surface area (Å²) in [6.45, 7) is -0.513. The maximum atomic E-state index is 14.4. The zero-order valence-corrected chi connectivity index (χ0v) is 17.4. The van der Waals surface area contributed by atoms with Gasteiger partial charge in [-0.15, -0.1) is 0 Å². The van der Waals surface area contributed by atoms with Crippen LogP contribution in [0.3, 0.4) is 0 Å². The van der Waals surface area contributed by atoms with Crippen molar-refractivity contribution < 1.29 is 24.2 Å². The molecule has 9 heteroatoms. The van der Waals surface area contributed by atoms with E-state index in [0.29, 0.717) is 11.2 Å². The lowest BCUT2D eigenvalue weighted by Crippen LogP contribution is -2.42. The number of benzene rings is 2. The topological polar surface area (TPSA) is 116 Å². The first-order valence-electron chi connectivity index (χ1n) is 10.2. The third-order valence-corrected chi connectivity index (χ3v) is 5.16. The van der Waals surface area contributed by atoms with Crippen LogP contribution in [-0.2, 0) is 0 Å². The SMILES string of the molecule is O=C(N[C@@H](CO)[C@H](O)c1ccccc1)c1ccc(F)c(NC(=O)c2cnc3ccccn23)c1. The molecule has 8 nitrogen and oxygen atoms in total. The van der Waals surface area contributed by atoms with Gasteiger partial charge in [-0.1, -0.05) is 36.4 Å². The Bertz CT molecular complexity index is 1290. The van der Waals surface area contributed by atoms with Crippen LogP contribution in [0.2, 0.25) is 0 Å². The number of carbonyl (C=O) groups excluding carboxylic acids is 2. The quantitative estimate of drug-likeness (QED) is 0.347. The van der Waals surface area contributed by atoms with E-state index in [9.17, 15) is 24.2 Å². The molecule has 0 aliphatic rings. The fourth-order valence-corrected chi connectivity index (χ4v) is 3.41.